The van der Waals surface area contributed by atoms with Crippen LogP contribution in [0.15, 0.2) is 0 Å². The van der Waals surface area contributed by atoms with Gasteiger partial charge in [0.05, 0.1) is 11.9 Å². The fraction of sp³-hybridized carbons (Fsp3) is 1.00. The number of nitrogens with zero attached hydrogens (tertiary/aromatic N) is 1. The molecule has 5 nitrogen and oxygen atoms in total. The summed E-state index contributed by atoms with van der Waals surface area (Å²) in [6.07, 6.45) is 3.22. The molecule has 0 unspecified atom stereocenters. The van der Waals surface area contributed by atoms with Gasteiger partial charge in [0.2, 0.25) is 10.0 Å². The Hall–Kier alpha value is -0.170. The third-order valence-corrected chi connectivity index (χ3v) is 5.08. The standard InChI is InChI=1S/C13H28N2O3S/c1-3-4-9-19(17,18)14-10-13(16)11-15-7-5-12(2)6-8-15/h12-14,16H,3-11H2,1-2H3/t13-/m1/s1. The van der Waals surface area contributed by atoms with Crippen LogP contribution in [-0.2, 0) is 10.0 Å². The first-order valence-corrected chi connectivity index (χ1v) is 8.96. The Bertz CT molecular complexity index is 338. The molecule has 1 aliphatic heterocycles. The zero-order valence-electron chi connectivity index (χ0n) is 12.1. The topological polar surface area (TPSA) is 69.6 Å². The molecule has 1 rings (SSSR count). The molecule has 0 amide bonds. The van der Waals surface area contributed by atoms with E-state index in [9.17, 15) is 13.5 Å². The van der Waals surface area contributed by atoms with Crippen molar-refractivity contribution >= 4 is 10.0 Å². The van der Waals surface area contributed by atoms with Gasteiger partial charge in [-0.3, -0.25) is 0 Å². The summed E-state index contributed by atoms with van der Waals surface area (Å²) in [5, 5.41) is 9.89. The fourth-order valence-corrected chi connectivity index (χ4v) is 3.50. The second kappa shape index (κ2) is 8.19. The summed E-state index contributed by atoms with van der Waals surface area (Å²) in [6, 6.07) is 0. The Morgan fingerprint density at radius 1 is 1.37 bits per heavy atom. The zero-order chi connectivity index (χ0) is 14.3. The number of nitrogens with one attached hydrogen (secondary N) is 1. The van der Waals surface area contributed by atoms with Crippen LogP contribution in [0.3, 0.4) is 0 Å². The van der Waals surface area contributed by atoms with Crippen LogP contribution >= 0.6 is 0 Å². The Kier molecular flexibility index (Phi) is 7.28. The largest absolute Gasteiger partial charge is 0.390 e. The van der Waals surface area contributed by atoms with E-state index in [2.05, 4.69) is 16.5 Å². The number of hydrogen-bond acceptors (Lipinski definition) is 4. The van der Waals surface area contributed by atoms with E-state index in [1.165, 1.54) is 0 Å². The van der Waals surface area contributed by atoms with Gasteiger partial charge >= 0.3 is 0 Å². The second-order valence-corrected chi connectivity index (χ2v) is 7.58. The highest BCUT2D eigenvalue weighted by molar-refractivity contribution is 7.89. The predicted octanol–water partition coefficient (Wildman–Crippen LogP) is 0.799. The van der Waals surface area contributed by atoms with Crippen molar-refractivity contribution in [3.05, 3.63) is 0 Å². The molecule has 1 heterocycles. The maximum Gasteiger partial charge on any atom is 0.211 e. The number of hydrogen-bond donors (Lipinski definition) is 2. The van der Waals surface area contributed by atoms with E-state index in [4.69, 9.17) is 0 Å². The zero-order valence-corrected chi connectivity index (χ0v) is 13.0. The molecule has 6 heteroatoms. The molecule has 0 bridgehead atoms. The van der Waals surface area contributed by atoms with Gasteiger partial charge in [-0.2, -0.15) is 0 Å². The predicted molar refractivity (Wildman–Crippen MR) is 77.5 cm³/mol. The fourth-order valence-electron chi connectivity index (χ4n) is 2.24. The van der Waals surface area contributed by atoms with Crippen LogP contribution in [0, 0.1) is 5.92 Å². The molecular weight excluding hydrogens is 264 g/mol. The van der Waals surface area contributed by atoms with E-state index in [0.29, 0.717) is 13.0 Å². The number of unbranched alkanes of at least 4 members (excludes halogenated alkanes) is 1. The molecule has 19 heavy (non-hydrogen) atoms. The van der Waals surface area contributed by atoms with Gasteiger partial charge in [0.25, 0.3) is 0 Å². The normalized spacial score (nSPS) is 20.6. The Labute approximate surface area is 117 Å². The molecule has 0 saturated carbocycles. The van der Waals surface area contributed by atoms with Gasteiger partial charge in [-0.05, 0) is 38.3 Å². The SMILES string of the molecule is CCCCS(=O)(=O)NC[C@@H](O)CN1CCC(C)CC1. The summed E-state index contributed by atoms with van der Waals surface area (Å²) in [7, 11) is -3.22. The highest BCUT2D eigenvalue weighted by Gasteiger charge is 2.19. The van der Waals surface area contributed by atoms with Gasteiger partial charge in [-0.25, -0.2) is 13.1 Å². The van der Waals surface area contributed by atoms with Crippen LogP contribution in [0.2, 0.25) is 0 Å². The maximum absolute atomic E-state index is 11.6. The number of likely N-dealkylation sites (tertiary alicyclic amines) is 1. The first-order chi connectivity index (χ1) is 8.93. The molecule has 0 spiro atoms. The first-order valence-electron chi connectivity index (χ1n) is 7.30. The lowest BCUT2D eigenvalue weighted by Crippen LogP contribution is -2.43. The van der Waals surface area contributed by atoms with Crippen molar-refractivity contribution in [3.8, 4) is 0 Å². The first kappa shape index (κ1) is 16.9. The van der Waals surface area contributed by atoms with Crippen LogP contribution in [0.25, 0.3) is 0 Å². The molecule has 114 valence electrons. The minimum Gasteiger partial charge on any atom is -0.390 e. The van der Waals surface area contributed by atoms with Crippen LogP contribution in [0.5, 0.6) is 0 Å². The molecule has 2 N–H and O–H groups in total. The summed E-state index contributed by atoms with van der Waals surface area (Å²) < 4.78 is 25.7. The maximum atomic E-state index is 11.6. The van der Waals surface area contributed by atoms with Gasteiger partial charge in [0.15, 0.2) is 0 Å². The van der Waals surface area contributed by atoms with Gasteiger partial charge in [-0.1, -0.05) is 20.3 Å². The van der Waals surface area contributed by atoms with Crippen LogP contribution < -0.4 is 4.72 Å². The van der Waals surface area contributed by atoms with E-state index < -0.39 is 16.1 Å². The van der Waals surface area contributed by atoms with Crippen LogP contribution in [0.1, 0.15) is 39.5 Å². The Morgan fingerprint density at radius 2 is 2.00 bits per heavy atom. The average molecular weight is 292 g/mol. The van der Waals surface area contributed by atoms with Crippen molar-refractivity contribution in [2.24, 2.45) is 5.92 Å². The summed E-state index contributed by atoms with van der Waals surface area (Å²) in [4.78, 5) is 2.21. The van der Waals surface area contributed by atoms with Gasteiger partial charge in [-0.15, -0.1) is 0 Å². The van der Waals surface area contributed by atoms with E-state index in [1.54, 1.807) is 0 Å². The van der Waals surface area contributed by atoms with Gasteiger partial charge in [0, 0.05) is 13.1 Å². The number of rotatable bonds is 8. The Balaban J connectivity index is 2.22. The minimum atomic E-state index is -3.22. The number of aliphatic hydroxyl groups is 1. The molecule has 1 atom stereocenters. The number of piperidine rings is 1. The summed E-state index contributed by atoms with van der Waals surface area (Å²) >= 11 is 0. The van der Waals surface area contributed by atoms with Crippen molar-refractivity contribution in [2.45, 2.75) is 45.6 Å². The number of aliphatic hydroxyl groups excluding tert-OH is 1. The third kappa shape index (κ3) is 7.25. The summed E-state index contributed by atoms with van der Waals surface area (Å²) in [6.45, 7) is 6.89. The molecular formula is C13H28N2O3S. The van der Waals surface area contributed by atoms with Crippen LogP contribution in [-0.4, -0.2) is 56.5 Å². The van der Waals surface area contributed by atoms with Crippen molar-refractivity contribution < 1.29 is 13.5 Å². The monoisotopic (exact) mass is 292 g/mol. The van der Waals surface area contributed by atoms with Crippen molar-refractivity contribution in [1.82, 2.24) is 9.62 Å². The Morgan fingerprint density at radius 3 is 2.58 bits per heavy atom. The van der Waals surface area contributed by atoms with E-state index in [-0.39, 0.29) is 12.3 Å². The average Bonchev–Trinajstić information content (AvgIpc) is 2.37. The van der Waals surface area contributed by atoms with E-state index in [1.807, 2.05) is 6.92 Å². The van der Waals surface area contributed by atoms with Crippen molar-refractivity contribution in [2.75, 3.05) is 31.9 Å². The molecule has 0 aromatic carbocycles. The van der Waals surface area contributed by atoms with Crippen molar-refractivity contribution in [1.29, 1.82) is 0 Å². The lowest BCUT2D eigenvalue weighted by atomic mass is 9.99. The third-order valence-electron chi connectivity index (χ3n) is 3.65. The minimum absolute atomic E-state index is 0.123. The van der Waals surface area contributed by atoms with E-state index in [0.717, 1.165) is 38.3 Å². The highest BCUT2D eigenvalue weighted by Crippen LogP contribution is 2.15. The van der Waals surface area contributed by atoms with Crippen molar-refractivity contribution in [3.63, 3.8) is 0 Å². The molecule has 0 aromatic heterocycles. The molecule has 1 fully saturated rings. The smallest absolute Gasteiger partial charge is 0.211 e. The van der Waals surface area contributed by atoms with E-state index >= 15 is 0 Å². The number of β-amino-alcohol motifs (C(OH)–C–C–N with tert-alkyl or cyclic N) is 1. The lowest BCUT2D eigenvalue weighted by Gasteiger charge is -2.31. The summed E-state index contributed by atoms with van der Waals surface area (Å²) in [5.41, 5.74) is 0. The van der Waals surface area contributed by atoms with Gasteiger partial charge < -0.3 is 10.0 Å². The molecule has 1 aliphatic rings. The molecule has 0 radical (unpaired) electrons. The van der Waals surface area contributed by atoms with Gasteiger partial charge in [0.1, 0.15) is 0 Å². The number of sulfonamides is 1. The second-order valence-electron chi connectivity index (χ2n) is 5.66. The molecule has 0 aliphatic carbocycles. The lowest BCUT2D eigenvalue weighted by molar-refractivity contribution is 0.0942. The highest BCUT2D eigenvalue weighted by atomic mass is 32.2. The molecule has 1 saturated heterocycles. The quantitative estimate of drug-likeness (QED) is 0.694. The summed E-state index contributed by atoms with van der Waals surface area (Å²) in [5.74, 6) is 0.915. The molecule has 0 aromatic rings. The van der Waals surface area contributed by atoms with Crippen LogP contribution in [0.4, 0.5) is 0 Å².